The van der Waals surface area contributed by atoms with Crippen molar-refractivity contribution < 1.29 is 19.4 Å². The highest BCUT2D eigenvalue weighted by molar-refractivity contribution is 7.15. The highest BCUT2D eigenvalue weighted by Crippen LogP contribution is 2.39. The Morgan fingerprint density at radius 1 is 1.32 bits per heavy atom. The Hall–Kier alpha value is -3.11. The van der Waals surface area contributed by atoms with E-state index in [0.717, 1.165) is 51.9 Å². The lowest BCUT2D eigenvalue weighted by Crippen LogP contribution is -2.27. The van der Waals surface area contributed by atoms with Gasteiger partial charge in [-0.1, -0.05) is 29.8 Å². The summed E-state index contributed by atoms with van der Waals surface area (Å²) in [4.78, 5) is 20.2. The van der Waals surface area contributed by atoms with E-state index < -0.39 is 5.91 Å². The number of rotatable bonds is 10. The number of hydrogen-bond acceptors (Lipinski definition) is 7. The molecular weight excluding hydrogens is 512 g/mol. The average Bonchev–Trinajstić information content (AvgIpc) is 3.57. The Morgan fingerprint density at radius 2 is 2.16 bits per heavy atom. The van der Waals surface area contributed by atoms with Gasteiger partial charge in [-0.15, -0.1) is 11.3 Å². The Balaban J connectivity index is 1.38. The lowest BCUT2D eigenvalue weighted by atomic mass is 10.1. The molecule has 0 bridgehead atoms. The second-order valence-electron chi connectivity index (χ2n) is 9.15. The fraction of sp³-hybridized carbons (Fsp3) is 0.333. The first-order valence-electron chi connectivity index (χ1n) is 12.2. The van der Waals surface area contributed by atoms with Crippen LogP contribution >= 0.6 is 22.9 Å². The standard InChI is InChI=1S/C27H29ClN4O4S/c1-17(20-4-2-3-5-21(20)28)36-23-12-24(37-25(23)13-26(29)34)22-14-30-27-7-6-19(16-32(22)27)35-11-10-31-9-8-18(33)15-31/h2-7,12,14,16-18,33H,8-11,13,15H2,1H3,(H2,29,34)/t17?,18-/m0/s1. The van der Waals surface area contributed by atoms with Gasteiger partial charge < -0.3 is 20.3 Å². The molecule has 0 radical (unpaired) electrons. The number of hydrogen-bond donors (Lipinski definition) is 2. The molecule has 1 aliphatic rings. The number of aliphatic hydroxyl groups is 1. The number of halogens is 1. The molecule has 37 heavy (non-hydrogen) atoms. The Labute approximate surface area is 224 Å². The van der Waals surface area contributed by atoms with Crippen molar-refractivity contribution in [3.8, 4) is 22.1 Å². The first kappa shape index (κ1) is 25.5. The van der Waals surface area contributed by atoms with Gasteiger partial charge in [-0.25, -0.2) is 4.98 Å². The molecule has 0 aliphatic carbocycles. The smallest absolute Gasteiger partial charge is 0.222 e. The van der Waals surface area contributed by atoms with E-state index in [4.69, 9.17) is 26.8 Å². The molecule has 3 aromatic heterocycles. The first-order chi connectivity index (χ1) is 17.9. The number of imidazole rings is 1. The zero-order valence-corrected chi connectivity index (χ0v) is 22.0. The van der Waals surface area contributed by atoms with Gasteiger partial charge in [-0.3, -0.25) is 14.1 Å². The fourth-order valence-corrected chi connectivity index (χ4v) is 5.91. The number of β-amino-alcohol motifs (C(OH)–C–C–N with tert-alkyl or cyclic N) is 1. The molecule has 4 heterocycles. The van der Waals surface area contributed by atoms with Crippen molar-refractivity contribution in [1.29, 1.82) is 0 Å². The Bertz CT molecular complexity index is 1400. The SMILES string of the molecule is CC(Oc1cc(-c2cnc3ccc(OCCN4CC[C@H](O)C4)cn23)sc1CC(N)=O)c1ccccc1Cl. The molecule has 1 amide bonds. The van der Waals surface area contributed by atoms with Gasteiger partial charge in [0.25, 0.3) is 0 Å². The lowest BCUT2D eigenvalue weighted by molar-refractivity contribution is -0.117. The predicted molar refractivity (Wildman–Crippen MR) is 144 cm³/mol. The molecule has 2 atom stereocenters. The van der Waals surface area contributed by atoms with Crippen molar-refractivity contribution in [1.82, 2.24) is 14.3 Å². The maximum Gasteiger partial charge on any atom is 0.222 e. The summed E-state index contributed by atoms with van der Waals surface area (Å²) < 4.78 is 14.2. The van der Waals surface area contributed by atoms with Crippen LogP contribution in [0.4, 0.5) is 0 Å². The van der Waals surface area contributed by atoms with Crippen molar-refractivity contribution in [3.05, 3.63) is 70.3 Å². The van der Waals surface area contributed by atoms with Crippen LogP contribution in [-0.2, 0) is 11.2 Å². The highest BCUT2D eigenvalue weighted by Gasteiger charge is 2.21. The third-order valence-electron chi connectivity index (χ3n) is 6.41. The molecule has 1 fully saturated rings. The summed E-state index contributed by atoms with van der Waals surface area (Å²) in [7, 11) is 0. The number of nitrogens with zero attached hydrogens (tertiary/aromatic N) is 3. The molecule has 8 nitrogen and oxygen atoms in total. The zero-order chi connectivity index (χ0) is 25.9. The number of thiophene rings is 1. The third-order valence-corrected chi connectivity index (χ3v) is 7.89. The summed E-state index contributed by atoms with van der Waals surface area (Å²) in [6, 6.07) is 13.3. The summed E-state index contributed by atoms with van der Waals surface area (Å²) in [5.74, 6) is 0.897. The van der Waals surface area contributed by atoms with Gasteiger partial charge in [0.15, 0.2) is 0 Å². The predicted octanol–water partition coefficient (Wildman–Crippen LogP) is 4.33. The van der Waals surface area contributed by atoms with E-state index in [-0.39, 0.29) is 18.6 Å². The maximum absolute atomic E-state index is 11.8. The van der Waals surface area contributed by atoms with E-state index in [2.05, 4.69) is 9.88 Å². The van der Waals surface area contributed by atoms with Gasteiger partial charge in [-0.05, 0) is 31.5 Å². The molecule has 3 N–H and O–H groups in total. The number of benzene rings is 1. The number of carbonyl (C=O) groups is 1. The summed E-state index contributed by atoms with van der Waals surface area (Å²) in [5, 5.41) is 10.3. The van der Waals surface area contributed by atoms with Crippen LogP contribution in [0.15, 0.2) is 54.9 Å². The minimum Gasteiger partial charge on any atom is -0.491 e. The second-order valence-corrected chi connectivity index (χ2v) is 10.7. The molecular formula is C27H29ClN4O4S. The van der Waals surface area contributed by atoms with Crippen LogP contribution < -0.4 is 15.2 Å². The van der Waals surface area contributed by atoms with E-state index in [1.54, 1.807) is 6.20 Å². The Kier molecular flexibility index (Phi) is 7.66. The number of fused-ring (bicyclic) bond motifs is 1. The van der Waals surface area contributed by atoms with E-state index in [1.165, 1.54) is 11.3 Å². The number of nitrogens with two attached hydrogens (primary N) is 1. The number of aromatic nitrogens is 2. The molecule has 5 rings (SSSR count). The molecule has 1 saturated heterocycles. The van der Waals surface area contributed by atoms with E-state index >= 15 is 0 Å². The normalized spacial score (nSPS) is 16.8. The van der Waals surface area contributed by atoms with Crippen molar-refractivity contribution in [2.75, 3.05) is 26.2 Å². The van der Waals surface area contributed by atoms with Gasteiger partial charge in [0, 0.05) is 36.3 Å². The number of likely N-dealkylation sites (tertiary alicyclic amines) is 1. The van der Waals surface area contributed by atoms with Crippen LogP contribution in [0.2, 0.25) is 5.02 Å². The van der Waals surface area contributed by atoms with Gasteiger partial charge in [0.1, 0.15) is 29.9 Å². The van der Waals surface area contributed by atoms with Gasteiger partial charge in [-0.2, -0.15) is 0 Å². The number of carbonyl (C=O) groups excluding carboxylic acids is 1. The molecule has 10 heteroatoms. The van der Waals surface area contributed by atoms with Crippen molar-refractivity contribution in [3.63, 3.8) is 0 Å². The van der Waals surface area contributed by atoms with Crippen LogP contribution in [-0.4, -0.2) is 57.6 Å². The minimum absolute atomic E-state index is 0.0749. The Morgan fingerprint density at radius 3 is 2.92 bits per heavy atom. The topological polar surface area (TPSA) is 102 Å². The van der Waals surface area contributed by atoms with E-state index in [1.807, 2.05) is 60.0 Å². The summed E-state index contributed by atoms with van der Waals surface area (Å²) in [5.41, 5.74) is 8.04. The highest BCUT2D eigenvalue weighted by atomic mass is 35.5. The van der Waals surface area contributed by atoms with Gasteiger partial charge in [0.2, 0.25) is 5.91 Å². The summed E-state index contributed by atoms with van der Waals surface area (Å²) in [6.45, 7) is 4.80. The maximum atomic E-state index is 11.8. The number of ether oxygens (including phenoxy) is 2. The average molecular weight is 541 g/mol. The quantitative estimate of drug-likeness (QED) is 0.310. The number of primary amides is 1. The molecule has 194 valence electrons. The molecule has 4 aromatic rings. The van der Waals surface area contributed by atoms with Crippen LogP contribution in [0.3, 0.4) is 0 Å². The molecule has 1 aliphatic heterocycles. The van der Waals surface area contributed by atoms with Crippen LogP contribution in [0, 0.1) is 0 Å². The number of amides is 1. The molecule has 1 aromatic carbocycles. The third kappa shape index (κ3) is 5.91. The van der Waals surface area contributed by atoms with Crippen LogP contribution in [0.25, 0.3) is 16.2 Å². The first-order valence-corrected chi connectivity index (χ1v) is 13.4. The van der Waals surface area contributed by atoms with Crippen molar-refractivity contribution in [2.45, 2.75) is 32.0 Å². The monoisotopic (exact) mass is 540 g/mol. The summed E-state index contributed by atoms with van der Waals surface area (Å²) in [6.07, 6.45) is 4.04. The van der Waals surface area contributed by atoms with Crippen LogP contribution in [0.5, 0.6) is 11.5 Å². The minimum atomic E-state index is -0.428. The largest absolute Gasteiger partial charge is 0.491 e. The van der Waals surface area contributed by atoms with E-state index in [9.17, 15) is 9.90 Å². The van der Waals surface area contributed by atoms with Gasteiger partial charge in [0.05, 0.1) is 40.4 Å². The summed E-state index contributed by atoms with van der Waals surface area (Å²) >= 11 is 7.82. The molecule has 0 spiro atoms. The molecule has 0 saturated carbocycles. The van der Waals surface area contributed by atoms with Crippen molar-refractivity contribution >= 4 is 34.5 Å². The lowest BCUT2D eigenvalue weighted by Gasteiger charge is -2.16. The van der Waals surface area contributed by atoms with Gasteiger partial charge >= 0.3 is 0 Å². The zero-order valence-electron chi connectivity index (χ0n) is 20.5. The molecule has 1 unspecified atom stereocenters. The number of pyridine rings is 1. The number of aliphatic hydroxyl groups excluding tert-OH is 1. The van der Waals surface area contributed by atoms with Crippen LogP contribution in [0.1, 0.15) is 29.9 Å². The fourth-order valence-electron chi connectivity index (χ4n) is 4.51. The van der Waals surface area contributed by atoms with E-state index in [0.29, 0.717) is 23.9 Å². The van der Waals surface area contributed by atoms with Crippen molar-refractivity contribution in [2.24, 2.45) is 5.73 Å². The second kappa shape index (κ2) is 11.1.